The van der Waals surface area contributed by atoms with Crippen LogP contribution in [0.2, 0.25) is 0 Å². The molecule has 0 unspecified atom stereocenters. The van der Waals surface area contributed by atoms with Crippen LogP contribution in [-0.4, -0.2) is 41.1 Å². The molecule has 0 saturated heterocycles. The molecule has 0 aliphatic rings. The number of carboxylic acids is 1. The third-order valence-corrected chi connectivity index (χ3v) is 4.84. The number of hydrogen-bond acceptors (Lipinski definition) is 6. The zero-order chi connectivity index (χ0) is 24.3. The Kier molecular flexibility index (Phi) is 6.47. The zero-order valence-corrected chi connectivity index (χ0v) is 19.1. The number of amides is 2. The highest BCUT2D eigenvalue weighted by atomic mass is 16.5. The lowest BCUT2D eigenvalue weighted by atomic mass is 10.1. The van der Waals surface area contributed by atoms with E-state index in [9.17, 15) is 14.7 Å². The quantitative estimate of drug-likeness (QED) is 0.437. The van der Waals surface area contributed by atoms with Crippen LogP contribution in [-0.2, 0) is 5.54 Å². The van der Waals surface area contributed by atoms with Crippen LogP contribution in [0.5, 0.6) is 11.5 Å². The normalized spacial score (nSPS) is 11.1. The van der Waals surface area contributed by atoms with Gasteiger partial charge in [0.25, 0.3) is 0 Å². The van der Waals surface area contributed by atoms with Gasteiger partial charge in [-0.3, -0.25) is 0 Å². The molecule has 3 rings (SSSR count). The summed E-state index contributed by atoms with van der Waals surface area (Å²) in [6.07, 6.45) is 0. The van der Waals surface area contributed by atoms with Gasteiger partial charge >= 0.3 is 12.0 Å². The van der Waals surface area contributed by atoms with Crippen molar-refractivity contribution in [2.24, 2.45) is 0 Å². The smallest absolute Gasteiger partial charge is 0.341 e. The molecule has 1 aromatic heterocycles. The van der Waals surface area contributed by atoms with E-state index in [4.69, 9.17) is 15.2 Å². The maximum absolute atomic E-state index is 12.4. The number of hydrogen-bond donors (Lipinski definition) is 4. The van der Waals surface area contributed by atoms with Crippen LogP contribution in [0.25, 0.3) is 11.3 Å². The Labute approximate surface area is 191 Å². The minimum absolute atomic E-state index is 0.0602. The number of nitrogen functional groups attached to an aromatic ring is 1. The molecule has 10 nitrogen and oxygen atoms in total. The molecule has 1 heterocycles. The van der Waals surface area contributed by atoms with E-state index in [1.165, 1.54) is 11.8 Å². The molecule has 33 heavy (non-hydrogen) atoms. The van der Waals surface area contributed by atoms with Crippen LogP contribution in [0.4, 0.5) is 22.0 Å². The number of benzene rings is 2. The average Bonchev–Trinajstić information content (AvgIpc) is 3.12. The van der Waals surface area contributed by atoms with Crippen molar-refractivity contribution in [2.45, 2.75) is 26.3 Å². The lowest BCUT2D eigenvalue weighted by molar-refractivity contribution is 0.0698. The van der Waals surface area contributed by atoms with Gasteiger partial charge in [0.1, 0.15) is 28.6 Å². The van der Waals surface area contributed by atoms with E-state index in [0.717, 1.165) is 0 Å². The Morgan fingerprint density at radius 3 is 2.24 bits per heavy atom. The number of methoxy groups -OCH3 is 2. The maximum Gasteiger partial charge on any atom is 0.341 e. The Morgan fingerprint density at radius 1 is 1.03 bits per heavy atom. The number of nitrogens with zero attached hydrogens (tertiary/aromatic N) is 2. The predicted octanol–water partition coefficient (Wildman–Crippen LogP) is 4.25. The van der Waals surface area contributed by atoms with Gasteiger partial charge in [0.2, 0.25) is 0 Å². The van der Waals surface area contributed by atoms with Gasteiger partial charge in [0.15, 0.2) is 0 Å². The van der Waals surface area contributed by atoms with E-state index in [1.807, 2.05) is 20.8 Å². The van der Waals surface area contributed by atoms with E-state index < -0.39 is 17.5 Å². The summed E-state index contributed by atoms with van der Waals surface area (Å²) in [7, 11) is 3.04. The van der Waals surface area contributed by atoms with Crippen LogP contribution < -0.4 is 25.8 Å². The van der Waals surface area contributed by atoms with Gasteiger partial charge < -0.3 is 30.9 Å². The van der Waals surface area contributed by atoms with E-state index in [2.05, 4.69) is 15.7 Å². The molecule has 2 amide bonds. The third-order valence-electron chi connectivity index (χ3n) is 4.84. The molecule has 0 atom stereocenters. The van der Waals surface area contributed by atoms with Crippen LogP contribution in [0.15, 0.2) is 42.5 Å². The summed E-state index contributed by atoms with van der Waals surface area (Å²) in [5.74, 6) is -0.0234. The van der Waals surface area contributed by atoms with Gasteiger partial charge in [0, 0.05) is 17.3 Å². The number of carbonyl (C=O) groups excluding carboxylic acids is 1. The first-order valence-electron chi connectivity index (χ1n) is 10.1. The Balaban J connectivity index is 1.80. The van der Waals surface area contributed by atoms with Crippen molar-refractivity contribution in [3.63, 3.8) is 0 Å². The van der Waals surface area contributed by atoms with Crippen molar-refractivity contribution in [1.82, 2.24) is 9.78 Å². The Bertz CT molecular complexity index is 1180. The molecule has 174 valence electrons. The molecule has 0 saturated carbocycles. The van der Waals surface area contributed by atoms with Crippen LogP contribution in [0, 0.1) is 0 Å². The minimum Gasteiger partial charge on any atom is -0.497 e. The second-order valence-electron chi connectivity index (χ2n) is 8.22. The number of rotatable bonds is 6. The van der Waals surface area contributed by atoms with E-state index in [1.54, 1.807) is 49.6 Å². The molecule has 2 aromatic carbocycles. The highest BCUT2D eigenvalue weighted by Gasteiger charge is 2.27. The summed E-state index contributed by atoms with van der Waals surface area (Å²) in [6, 6.07) is 11.2. The van der Waals surface area contributed by atoms with Crippen molar-refractivity contribution in [3.05, 3.63) is 48.0 Å². The summed E-state index contributed by atoms with van der Waals surface area (Å²) < 4.78 is 11.9. The molecule has 0 bridgehead atoms. The van der Waals surface area contributed by atoms with Crippen LogP contribution in [0.1, 0.15) is 31.1 Å². The van der Waals surface area contributed by atoms with Gasteiger partial charge in [-0.1, -0.05) is 12.1 Å². The Morgan fingerprint density at radius 2 is 1.70 bits per heavy atom. The lowest BCUT2D eigenvalue weighted by Gasteiger charge is -2.20. The summed E-state index contributed by atoms with van der Waals surface area (Å²) in [5.41, 5.74) is 7.32. The second kappa shape index (κ2) is 9.11. The Hall–Kier alpha value is -4.21. The van der Waals surface area contributed by atoms with Crippen molar-refractivity contribution in [1.29, 1.82) is 0 Å². The number of urea groups is 1. The predicted molar refractivity (Wildman–Crippen MR) is 126 cm³/mol. The van der Waals surface area contributed by atoms with E-state index in [0.29, 0.717) is 28.4 Å². The number of aromatic nitrogens is 2. The first-order chi connectivity index (χ1) is 15.5. The molecular weight excluding hydrogens is 426 g/mol. The molecule has 10 heteroatoms. The van der Waals surface area contributed by atoms with Gasteiger partial charge in [-0.25, -0.2) is 14.3 Å². The van der Waals surface area contributed by atoms with Gasteiger partial charge in [-0.05, 0) is 45.0 Å². The SMILES string of the molecule is COc1ccc(NC(=O)Nc2ccc(-c3nn(C(C)(C)C)c(N)c3C(=O)O)cc2)c(OC)c1. The van der Waals surface area contributed by atoms with Gasteiger partial charge in [-0.2, -0.15) is 5.10 Å². The summed E-state index contributed by atoms with van der Waals surface area (Å²) >= 11 is 0. The van der Waals surface area contributed by atoms with Crippen molar-refractivity contribution < 1.29 is 24.2 Å². The van der Waals surface area contributed by atoms with Crippen molar-refractivity contribution >= 4 is 29.2 Å². The van der Waals surface area contributed by atoms with Crippen molar-refractivity contribution in [3.8, 4) is 22.8 Å². The molecule has 0 spiro atoms. The van der Waals surface area contributed by atoms with Crippen LogP contribution >= 0.6 is 0 Å². The fourth-order valence-corrected chi connectivity index (χ4v) is 3.25. The number of anilines is 3. The molecular formula is C23H27N5O5. The van der Waals surface area contributed by atoms with E-state index >= 15 is 0 Å². The third kappa shape index (κ3) is 5.00. The molecule has 0 radical (unpaired) electrons. The number of aromatic carboxylic acids is 1. The maximum atomic E-state index is 12.4. The molecule has 0 fully saturated rings. The molecule has 0 aliphatic heterocycles. The topological polar surface area (TPSA) is 141 Å². The highest BCUT2D eigenvalue weighted by molar-refractivity contribution is 6.02. The number of carbonyl (C=O) groups is 2. The molecule has 0 aliphatic carbocycles. The molecule has 5 N–H and O–H groups in total. The monoisotopic (exact) mass is 453 g/mol. The summed E-state index contributed by atoms with van der Waals surface area (Å²) in [4.78, 5) is 24.3. The highest BCUT2D eigenvalue weighted by Crippen LogP contribution is 2.32. The largest absolute Gasteiger partial charge is 0.497 e. The summed E-state index contributed by atoms with van der Waals surface area (Å²) in [5, 5.41) is 19.5. The van der Waals surface area contributed by atoms with Crippen LogP contribution in [0.3, 0.4) is 0 Å². The lowest BCUT2D eigenvalue weighted by Crippen LogP contribution is -2.25. The minimum atomic E-state index is -1.16. The van der Waals surface area contributed by atoms with Gasteiger partial charge in [-0.15, -0.1) is 0 Å². The number of carboxylic acid groups (broad SMARTS) is 1. The number of ether oxygens (including phenoxy) is 2. The van der Waals surface area contributed by atoms with E-state index in [-0.39, 0.29) is 17.1 Å². The molecule has 3 aromatic rings. The standard InChI is InChI=1S/C23H27N5O5/c1-23(2,3)28-20(24)18(21(29)30)19(27-28)13-6-8-14(9-7-13)25-22(31)26-16-11-10-15(32-4)12-17(16)33-5/h6-12H,24H2,1-5H3,(H,29,30)(H2,25,26,31). The number of nitrogens with two attached hydrogens (primary N) is 1. The second-order valence-corrected chi connectivity index (χ2v) is 8.22. The van der Waals surface area contributed by atoms with Crippen molar-refractivity contribution in [2.75, 3.05) is 30.6 Å². The first kappa shape index (κ1) is 23.5. The van der Waals surface area contributed by atoms with Gasteiger partial charge in [0.05, 0.1) is 25.4 Å². The fraction of sp³-hybridized carbons (Fsp3) is 0.261. The summed E-state index contributed by atoms with van der Waals surface area (Å²) in [6.45, 7) is 5.65. The average molecular weight is 453 g/mol. The number of nitrogens with one attached hydrogen (secondary N) is 2. The zero-order valence-electron chi connectivity index (χ0n) is 19.1. The first-order valence-corrected chi connectivity index (χ1v) is 10.1. The fourth-order valence-electron chi connectivity index (χ4n) is 3.25.